The summed E-state index contributed by atoms with van der Waals surface area (Å²) in [7, 11) is 0. The predicted molar refractivity (Wildman–Crippen MR) is 56.7 cm³/mol. The lowest BCUT2D eigenvalue weighted by Gasteiger charge is -1.99. The smallest absolute Gasteiger partial charge is 0.258 e. The van der Waals surface area contributed by atoms with E-state index in [0.29, 0.717) is 5.56 Å². The second kappa shape index (κ2) is 2.67. The number of nitrogens with zero attached hydrogens (tertiary/aromatic N) is 1. The van der Waals surface area contributed by atoms with E-state index in [4.69, 9.17) is 0 Å². The molecular formula is C12H6NO2. The first kappa shape index (κ1) is 8.17. The Balaban J connectivity index is 2.45. The Morgan fingerprint density at radius 3 is 2.60 bits per heavy atom. The molecule has 1 aliphatic carbocycles. The van der Waals surface area contributed by atoms with E-state index in [-0.39, 0.29) is 10.6 Å². The largest absolute Gasteiger partial charge is 0.285 e. The van der Waals surface area contributed by atoms with Crippen LogP contribution in [0.25, 0.3) is 16.5 Å². The molecule has 71 valence electrons. The topological polar surface area (TPSA) is 43.1 Å². The molecule has 0 fully saturated rings. The number of nitro groups is 1. The Morgan fingerprint density at radius 1 is 1.13 bits per heavy atom. The molecule has 0 saturated heterocycles. The van der Waals surface area contributed by atoms with Gasteiger partial charge in [0.2, 0.25) is 0 Å². The van der Waals surface area contributed by atoms with Gasteiger partial charge >= 0.3 is 0 Å². The zero-order valence-electron chi connectivity index (χ0n) is 7.73. The summed E-state index contributed by atoms with van der Waals surface area (Å²) in [6.07, 6.45) is 2.83. The zero-order valence-corrected chi connectivity index (χ0v) is 7.73. The minimum absolute atomic E-state index is 0.0711. The molecule has 0 spiro atoms. The molecule has 3 nitrogen and oxygen atoms in total. The fourth-order valence-corrected chi connectivity index (χ4v) is 1.98. The summed E-state index contributed by atoms with van der Waals surface area (Å²) in [5.41, 5.74) is 1.56. The molecule has 3 heteroatoms. The molecule has 0 amide bonds. The Hall–Kier alpha value is -2.16. The monoisotopic (exact) mass is 196 g/mol. The van der Waals surface area contributed by atoms with Crippen LogP contribution in [0.5, 0.6) is 0 Å². The SMILES string of the molecule is O=[N+]([O-])C1=[C]c2cccc3cccc1c23. The van der Waals surface area contributed by atoms with E-state index in [2.05, 4.69) is 6.08 Å². The fourth-order valence-electron chi connectivity index (χ4n) is 1.98. The van der Waals surface area contributed by atoms with Crippen molar-refractivity contribution in [3.63, 3.8) is 0 Å². The molecule has 3 rings (SSSR count). The number of hydrogen-bond acceptors (Lipinski definition) is 2. The minimum atomic E-state index is -0.380. The minimum Gasteiger partial charge on any atom is -0.258 e. The van der Waals surface area contributed by atoms with Gasteiger partial charge in [-0.1, -0.05) is 30.3 Å². The van der Waals surface area contributed by atoms with Gasteiger partial charge in [0, 0.05) is 5.39 Å². The number of benzene rings is 2. The number of rotatable bonds is 1. The lowest BCUT2D eigenvalue weighted by Crippen LogP contribution is -1.94. The van der Waals surface area contributed by atoms with E-state index in [1.54, 1.807) is 6.07 Å². The van der Waals surface area contributed by atoms with Crippen molar-refractivity contribution in [2.45, 2.75) is 0 Å². The van der Waals surface area contributed by atoms with Gasteiger partial charge in [-0.3, -0.25) is 10.1 Å². The van der Waals surface area contributed by atoms with Crippen molar-refractivity contribution in [1.82, 2.24) is 0 Å². The Kier molecular flexibility index (Phi) is 1.45. The average molecular weight is 196 g/mol. The van der Waals surface area contributed by atoms with Crippen molar-refractivity contribution in [2.75, 3.05) is 0 Å². The molecule has 0 bridgehead atoms. The molecule has 0 aliphatic heterocycles. The third-order valence-corrected chi connectivity index (χ3v) is 2.60. The molecule has 0 heterocycles. The van der Waals surface area contributed by atoms with Crippen LogP contribution >= 0.6 is 0 Å². The van der Waals surface area contributed by atoms with Gasteiger partial charge < -0.3 is 0 Å². The van der Waals surface area contributed by atoms with Gasteiger partial charge in [0.1, 0.15) is 0 Å². The Morgan fingerprint density at radius 2 is 1.87 bits per heavy atom. The van der Waals surface area contributed by atoms with Gasteiger partial charge in [-0.25, -0.2) is 0 Å². The first-order chi connectivity index (χ1) is 7.27. The van der Waals surface area contributed by atoms with Crippen molar-refractivity contribution in [1.29, 1.82) is 0 Å². The average Bonchev–Trinajstić information content (AvgIpc) is 2.61. The second-order valence-corrected chi connectivity index (χ2v) is 3.44. The molecule has 0 aromatic heterocycles. The summed E-state index contributed by atoms with van der Waals surface area (Å²) in [5.74, 6) is 0. The highest BCUT2D eigenvalue weighted by molar-refractivity contribution is 5.99. The van der Waals surface area contributed by atoms with Crippen LogP contribution in [-0.4, -0.2) is 4.92 Å². The molecule has 0 unspecified atom stereocenters. The third kappa shape index (κ3) is 1.00. The van der Waals surface area contributed by atoms with Crippen LogP contribution in [0.15, 0.2) is 36.4 Å². The lowest BCUT2D eigenvalue weighted by atomic mass is 10.0. The molecule has 0 atom stereocenters. The van der Waals surface area contributed by atoms with Crippen LogP contribution in [-0.2, 0) is 0 Å². The third-order valence-electron chi connectivity index (χ3n) is 2.60. The van der Waals surface area contributed by atoms with Crippen LogP contribution in [0.3, 0.4) is 0 Å². The maximum Gasteiger partial charge on any atom is 0.285 e. The quantitative estimate of drug-likeness (QED) is 0.519. The summed E-state index contributed by atoms with van der Waals surface area (Å²) >= 11 is 0. The van der Waals surface area contributed by atoms with Crippen molar-refractivity contribution >= 4 is 16.5 Å². The van der Waals surface area contributed by atoms with Crippen molar-refractivity contribution < 1.29 is 4.92 Å². The molecule has 2 aromatic carbocycles. The van der Waals surface area contributed by atoms with E-state index in [1.807, 2.05) is 30.3 Å². The van der Waals surface area contributed by atoms with Crippen LogP contribution in [0.2, 0.25) is 0 Å². The van der Waals surface area contributed by atoms with Crippen molar-refractivity contribution in [3.05, 3.63) is 63.7 Å². The normalized spacial score (nSPS) is 12.9. The molecule has 1 aliphatic rings. The summed E-state index contributed by atoms with van der Waals surface area (Å²) in [6, 6.07) is 11.2. The van der Waals surface area contributed by atoms with Gasteiger partial charge in [-0.2, -0.15) is 0 Å². The second-order valence-electron chi connectivity index (χ2n) is 3.44. The van der Waals surface area contributed by atoms with Crippen molar-refractivity contribution in [2.24, 2.45) is 0 Å². The molecule has 0 saturated carbocycles. The van der Waals surface area contributed by atoms with Crippen LogP contribution < -0.4 is 0 Å². The van der Waals surface area contributed by atoms with E-state index in [9.17, 15) is 10.1 Å². The van der Waals surface area contributed by atoms with Crippen LogP contribution in [0, 0.1) is 16.2 Å². The van der Waals surface area contributed by atoms with Crippen molar-refractivity contribution in [3.8, 4) is 0 Å². The van der Waals surface area contributed by atoms with Crippen LogP contribution in [0.4, 0.5) is 0 Å². The van der Waals surface area contributed by atoms with Gasteiger partial charge in [0.05, 0.1) is 16.6 Å². The Bertz CT molecular complexity index is 609. The van der Waals surface area contributed by atoms with E-state index >= 15 is 0 Å². The molecule has 15 heavy (non-hydrogen) atoms. The Labute approximate surface area is 85.8 Å². The molecular weight excluding hydrogens is 190 g/mol. The fraction of sp³-hybridized carbons (Fsp3) is 0. The maximum absolute atomic E-state index is 10.8. The summed E-state index contributed by atoms with van der Waals surface area (Å²) in [6.45, 7) is 0. The van der Waals surface area contributed by atoms with Crippen LogP contribution in [0.1, 0.15) is 11.1 Å². The molecule has 0 N–H and O–H groups in total. The van der Waals surface area contributed by atoms with Gasteiger partial charge in [-0.05, 0) is 17.0 Å². The first-order valence-electron chi connectivity index (χ1n) is 4.58. The predicted octanol–water partition coefficient (Wildman–Crippen LogP) is 2.62. The van der Waals surface area contributed by atoms with E-state index in [1.165, 1.54) is 0 Å². The maximum atomic E-state index is 10.8. The summed E-state index contributed by atoms with van der Waals surface area (Å²) < 4.78 is 0. The van der Waals surface area contributed by atoms with Gasteiger partial charge in [-0.15, -0.1) is 0 Å². The lowest BCUT2D eigenvalue weighted by molar-refractivity contribution is -0.375. The zero-order chi connectivity index (χ0) is 10.4. The van der Waals surface area contributed by atoms with Gasteiger partial charge in [0.25, 0.3) is 5.70 Å². The first-order valence-corrected chi connectivity index (χ1v) is 4.58. The highest BCUT2D eigenvalue weighted by atomic mass is 16.6. The standard InChI is InChI=1S/C12H6NO2/c14-13(15)11-7-9-5-1-3-8-4-2-6-10(11)12(8)9/h1-6H. The molecule has 1 radical (unpaired) electrons. The van der Waals surface area contributed by atoms with E-state index in [0.717, 1.165) is 16.3 Å². The summed E-state index contributed by atoms with van der Waals surface area (Å²) in [4.78, 5) is 10.4. The van der Waals surface area contributed by atoms with Gasteiger partial charge in [0.15, 0.2) is 0 Å². The highest BCUT2D eigenvalue weighted by Gasteiger charge is 2.24. The van der Waals surface area contributed by atoms with E-state index < -0.39 is 0 Å². The molecule has 2 aromatic rings. The highest BCUT2D eigenvalue weighted by Crippen LogP contribution is 2.34. The number of hydrogen-bond donors (Lipinski definition) is 0. The summed E-state index contributed by atoms with van der Waals surface area (Å²) in [5, 5.41) is 12.8.